The van der Waals surface area contributed by atoms with E-state index in [1.165, 1.54) is 54.6 Å². The molecule has 0 radical (unpaired) electrons. The quantitative estimate of drug-likeness (QED) is 0.165. The molecule has 0 spiro atoms. The number of hydrogen-bond donors (Lipinski definition) is 0. The Bertz CT molecular complexity index is 2880. The van der Waals surface area contributed by atoms with Gasteiger partial charge in [0.2, 0.25) is 0 Å². The summed E-state index contributed by atoms with van der Waals surface area (Å²) in [5, 5.41) is 8.65. The number of furan rings is 1. The van der Waals surface area contributed by atoms with Crippen LogP contribution in [0.1, 0.15) is 0 Å². The molecule has 244 valence electrons. The monoisotopic (exact) mass is 663 g/mol. The first-order valence-electron chi connectivity index (χ1n) is 17.7. The van der Waals surface area contributed by atoms with Crippen molar-refractivity contribution in [3.05, 3.63) is 200 Å². The second-order valence-electron chi connectivity index (χ2n) is 13.4. The number of benzene rings is 9. The summed E-state index contributed by atoms with van der Waals surface area (Å²) in [4.78, 5) is 2.34. The third-order valence-corrected chi connectivity index (χ3v) is 10.2. The Balaban J connectivity index is 1.07. The van der Waals surface area contributed by atoms with Crippen LogP contribution in [-0.4, -0.2) is 0 Å². The second kappa shape index (κ2) is 12.5. The van der Waals surface area contributed by atoms with Gasteiger partial charge in [0.15, 0.2) is 0 Å². The Kier molecular flexibility index (Phi) is 7.18. The molecule has 52 heavy (non-hydrogen) atoms. The predicted molar refractivity (Wildman–Crippen MR) is 220 cm³/mol. The molecule has 2 heteroatoms. The first-order chi connectivity index (χ1) is 25.7. The molecule has 1 aromatic heterocycles. The van der Waals surface area contributed by atoms with Gasteiger partial charge >= 0.3 is 0 Å². The van der Waals surface area contributed by atoms with E-state index in [-0.39, 0.29) is 0 Å². The van der Waals surface area contributed by atoms with Gasteiger partial charge in [-0.2, -0.15) is 0 Å². The Morgan fingerprint density at radius 1 is 0.288 bits per heavy atom. The van der Waals surface area contributed by atoms with Crippen LogP contribution in [0.15, 0.2) is 205 Å². The van der Waals surface area contributed by atoms with Crippen LogP contribution in [0.5, 0.6) is 0 Å². The summed E-state index contributed by atoms with van der Waals surface area (Å²) in [5.74, 6) is 0.854. The van der Waals surface area contributed by atoms with Gasteiger partial charge in [-0.15, -0.1) is 0 Å². The fraction of sp³-hybridized carbons (Fsp3) is 0. The molecule has 0 saturated heterocycles. The number of fused-ring (bicyclic) bond motifs is 5. The van der Waals surface area contributed by atoms with Crippen LogP contribution in [0.4, 0.5) is 17.1 Å². The molecule has 0 atom stereocenters. The van der Waals surface area contributed by atoms with Crippen LogP contribution in [0, 0.1) is 0 Å². The lowest BCUT2D eigenvalue weighted by molar-refractivity contribution is 0.631. The van der Waals surface area contributed by atoms with Crippen LogP contribution in [0.25, 0.3) is 76.9 Å². The third-order valence-electron chi connectivity index (χ3n) is 10.2. The molecule has 0 aliphatic rings. The van der Waals surface area contributed by atoms with Gasteiger partial charge in [0.25, 0.3) is 0 Å². The van der Waals surface area contributed by atoms with Crippen LogP contribution < -0.4 is 4.90 Å². The molecule has 10 aromatic rings. The van der Waals surface area contributed by atoms with E-state index in [1.54, 1.807) is 0 Å². The fourth-order valence-electron chi connectivity index (χ4n) is 7.56. The molecule has 0 aliphatic heterocycles. The van der Waals surface area contributed by atoms with Gasteiger partial charge in [-0.1, -0.05) is 140 Å². The number of rotatable bonds is 6. The van der Waals surface area contributed by atoms with Crippen molar-refractivity contribution < 1.29 is 4.42 Å². The van der Waals surface area contributed by atoms with E-state index < -0.39 is 0 Å². The summed E-state index contributed by atoms with van der Waals surface area (Å²) in [6.45, 7) is 0. The lowest BCUT2D eigenvalue weighted by Gasteiger charge is -2.26. The zero-order valence-corrected chi connectivity index (χ0v) is 28.4. The Labute approximate surface area is 302 Å². The molecule has 10 rings (SSSR count). The largest absolute Gasteiger partial charge is 0.456 e. The van der Waals surface area contributed by atoms with Gasteiger partial charge in [-0.3, -0.25) is 0 Å². The molecular weight excluding hydrogens is 631 g/mol. The van der Waals surface area contributed by atoms with Crippen molar-refractivity contribution in [1.82, 2.24) is 0 Å². The number of anilines is 3. The Morgan fingerprint density at radius 2 is 0.846 bits per heavy atom. The molecule has 0 bridgehead atoms. The van der Waals surface area contributed by atoms with E-state index >= 15 is 0 Å². The van der Waals surface area contributed by atoms with Crippen molar-refractivity contribution in [1.29, 1.82) is 0 Å². The molecule has 0 aliphatic carbocycles. The summed E-state index contributed by atoms with van der Waals surface area (Å²) in [7, 11) is 0. The topological polar surface area (TPSA) is 16.4 Å². The zero-order valence-electron chi connectivity index (χ0n) is 28.4. The minimum atomic E-state index is 0.854. The molecule has 0 N–H and O–H groups in total. The minimum absolute atomic E-state index is 0.854. The van der Waals surface area contributed by atoms with Crippen molar-refractivity contribution in [2.24, 2.45) is 0 Å². The van der Waals surface area contributed by atoms with Crippen LogP contribution >= 0.6 is 0 Å². The summed E-state index contributed by atoms with van der Waals surface area (Å²) >= 11 is 0. The van der Waals surface area contributed by atoms with Gasteiger partial charge in [-0.25, -0.2) is 0 Å². The number of para-hydroxylation sites is 1. The minimum Gasteiger partial charge on any atom is -0.456 e. The maximum absolute atomic E-state index is 6.31. The predicted octanol–water partition coefficient (Wildman–Crippen LogP) is 14.4. The first kappa shape index (κ1) is 30.0. The molecule has 0 saturated carbocycles. The fourth-order valence-corrected chi connectivity index (χ4v) is 7.56. The summed E-state index contributed by atoms with van der Waals surface area (Å²) in [5.41, 5.74) is 9.87. The SMILES string of the molecule is c1cc(-c2ccc3ccccc3c2)cc(N(c2ccc(-c3ccc4c(ccc5ccccc54)c3)cc2)c2cccc(-c3cc4ccccc4o3)c2)c1. The third kappa shape index (κ3) is 5.39. The number of nitrogens with zero attached hydrogens (tertiary/aromatic N) is 1. The average Bonchev–Trinajstić information content (AvgIpc) is 3.66. The Hall–Kier alpha value is -6.90. The molecule has 2 nitrogen and oxygen atoms in total. The molecule has 1 heterocycles. The second-order valence-corrected chi connectivity index (χ2v) is 13.4. The maximum atomic E-state index is 6.31. The molecular formula is C50H33NO. The van der Waals surface area contributed by atoms with Gasteiger partial charge in [0, 0.05) is 28.0 Å². The van der Waals surface area contributed by atoms with Gasteiger partial charge in [0.1, 0.15) is 11.3 Å². The number of hydrogen-bond acceptors (Lipinski definition) is 2. The highest BCUT2D eigenvalue weighted by Gasteiger charge is 2.16. The van der Waals surface area contributed by atoms with E-state index in [1.807, 2.05) is 18.2 Å². The molecule has 0 unspecified atom stereocenters. The molecule has 9 aromatic carbocycles. The summed E-state index contributed by atoms with van der Waals surface area (Å²) in [6.07, 6.45) is 0. The Morgan fingerprint density at radius 3 is 1.67 bits per heavy atom. The smallest absolute Gasteiger partial charge is 0.135 e. The van der Waals surface area contributed by atoms with Crippen molar-refractivity contribution in [2.45, 2.75) is 0 Å². The van der Waals surface area contributed by atoms with Crippen molar-refractivity contribution in [3.8, 4) is 33.6 Å². The summed E-state index contributed by atoms with van der Waals surface area (Å²) < 4.78 is 6.31. The standard InChI is InChI=1S/C50H33NO/c1-2-11-37-29-40(21-19-34(37)9-1)38-13-7-15-45(31-38)51(46-16-8-14-42(32-46)50-33-43-12-4-6-18-49(43)52-50)44-26-23-35(24-27-44)39-25-28-48-41(30-39)22-20-36-10-3-5-17-47(36)48/h1-33H. The van der Waals surface area contributed by atoms with Gasteiger partial charge < -0.3 is 9.32 Å². The van der Waals surface area contributed by atoms with E-state index in [2.05, 4.69) is 187 Å². The average molecular weight is 664 g/mol. The van der Waals surface area contributed by atoms with E-state index in [0.717, 1.165) is 39.4 Å². The lowest BCUT2D eigenvalue weighted by atomic mass is 9.97. The van der Waals surface area contributed by atoms with Crippen LogP contribution in [0.3, 0.4) is 0 Å². The van der Waals surface area contributed by atoms with Crippen molar-refractivity contribution >= 4 is 60.3 Å². The summed E-state index contributed by atoms with van der Waals surface area (Å²) in [6, 6.07) is 71.8. The van der Waals surface area contributed by atoms with E-state index in [4.69, 9.17) is 4.42 Å². The first-order valence-corrected chi connectivity index (χ1v) is 17.7. The molecule has 0 fully saturated rings. The highest BCUT2D eigenvalue weighted by Crippen LogP contribution is 2.40. The normalized spacial score (nSPS) is 11.5. The lowest BCUT2D eigenvalue weighted by Crippen LogP contribution is -2.10. The van der Waals surface area contributed by atoms with Gasteiger partial charge in [0.05, 0.1) is 0 Å². The van der Waals surface area contributed by atoms with E-state index in [9.17, 15) is 0 Å². The maximum Gasteiger partial charge on any atom is 0.135 e. The van der Waals surface area contributed by atoms with Crippen molar-refractivity contribution in [3.63, 3.8) is 0 Å². The van der Waals surface area contributed by atoms with Gasteiger partial charge in [-0.05, 0) is 115 Å². The highest BCUT2D eigenvalue weighted by molar-refractivity contribution is 6.08. The molecule has 0 amide bonds. The van der Waals surface area contributed by atoms with Crippen LogP contribution in [0.2, 0.25) is 0 Å². The zero-order chi connectivity index (χ0) is 34.4. The highest BCUT2D eigenvalue weighted by atomic mass is 16.3. The van der Waals surface area contributed by atoms with Crippen molar-refractivity contribution in [2.75, 3.05) is 4.90 Å². The van der Waals surface area contributed by atoms with Crippen LogP contribution in [-0.2, 0) is 0 Å². The van der Waals surface area contributed by atoms with E-state index in [0.29, 0.717) is 0 Å².